The van der Waals surface area contributed by atoms with E-state index in [1.54, 1.807) is 6.08 Å². The Morgan fingerprint density at radius 3 is 2.39 bits per heavy atom. The highest BCUT2D eigenvalue weighted by molar-refractivity contribution is 5.78. The lowest BCUT2D eigenvalue weighted by Crippen LogP contribution is -2.35. The highest BCUT2D eigenvalue weighted by Gasteiger charge is 2.39. The number of carboxylic acids is 1. The second-order valence-electron chi connectivity index (χ2n) is 4.94. The molecule has 1 aliphatic carbocycles. The van der Waals surface area contributed by atoms with Crippen molar-refractivity contribution >= 4 is 12.0 Å². The van der Waals surface area contributed by atoms with Crippen molar-refractivity contribution in [2.45, 2.75) is 31.8 Å². The van der Waals surface area contributed by atoms with E-state index in [0.29, 0.717) is 25.7 Å². The average molecular weight is 246 g/mol. The average Bonchev–Trinajstić information content (AvgIpc) is 2.39. The molecule has 0 spiro atoms. The third kappa shape index (κ3) is 2.79. The number of aliphatic hydroxyl groups is 1. The van der Waals surface area contributed by atoms with Gasteiger partial charge in [0.1, 0.15) is 0 Å². The molecule has 0 heterocycles. The van der Waals surface area contributed by atoms with E-state index in [0.717, 1.165) is 5.56 Å². The summed E-state index contributed by atoms with van der Waals surface area (Å²) in [6, 6.07) is 9.68. The molecule has 1 saturated carbocycles. The normalized spacial score (nSPS) is 28.4. The zero-order chi connectivity index (χ0) is 13.0. The largest absolute Gasteiger partial charge is 0.481 e. The summed E-state index contributed by atoms with van der Waals surface area (Å²) in [5, 5.41) is 18.9. The van der Waals surface area contributed by atoms with Crippen molar-refractivity contribution in [1.82, 2.24) is 0 Å². The molecule has 0 aliphatic heterocycles. The highest BCUT2D eigenvalue weighted by atomic mass is 16.4. The zero-order valence-electron chi connectivity index (χ0n) is 10.2. The summed E-state index contributed by atoms with van der Waals surface area (Å²) in [5.74, 6) is -0.790. The Kier molecular flexibility index (Phi) is 3.82. The van der Waals surface area contributed by atoms with Gasteiger partial charge in [-0.3, -0.25) is 4.79 Å². The maximum absolute atomic E-state index is 11.5. The molecule has 2 N–H and O–H groups in total. The van der Waals surface area contributed by atoms with Crippen LogP contribution >= 0.6 is 0 Å². The summed E-state index contributed by atoms with van der Waals surface area (Å²) in [6.45, 7) is 0. The van der Waals surface area contributed by atoms with Gasteiger partial charge in [0.15, 0.2) is 0 Å². The minimum Gasteiger partial charge on any atom is -0.481 e. The van der Waals surface area contributed by atoms with E-state index in [4.69, 9.17) is 0 Å². The molecule has 0 atom stereocenters. The zero-order valence-corrected chi connectivity index (χ0v) is 10.2. The van der Waals surface area contributed by atoms with Crippen molar-refractivity contribution in [3.05, 3.63) is 42.0 Å². The van der Waals surface area contributed by atoms with Crippen LogP contribution in [-0.4, -0.2) is 22.3 Å². The first-order valence-electron chi connectivity index (χ1n) is 6.28. The van der Waals surface area contributed by atoms with Crippen LogP contribution in [-0.2, 0) is 4.79 Å². The molecule has 1 aromatic carbocycles. The Bertz CT molecular complexity index is 428. The van der Waals surface area contributed by atoms with Crippen LogP contribution in [0.25, 0.3) is 6.08 Å². The number of aliphatic hydroxyl groups excluding tert-OH is 1. The maximum Gasteiger partial charge on any atom is 0.313 e. The molecule has 0 aromatic heterocycles. The lowest BCUT2D eigenvalue weighted by Gasteiger charge is -2.32. The van der Waals surface area contributed by atoms with Gasteiger partial charge < -0.3 is 10.2 Å². The molecule has 18 heavy (non-hydrogen) atoms. The molecule has 0 radical (unpaired) electrons. The third-order valence-electron chi connectivity index (χ3n) is 3.67. The van der Waals surface area contributed by atoms with Crippen molar-refractivity contribution in [3.63, 3.8) is 0 Å². The molecule has 96 valence electrons. The molecule has 0 bridgehead atoms. The lowest BCUT2D eigenvalue weighted by atomic mass is 9.73. The smallest absolute Gasteiger partial charge is 0.313 e. The Morgan fingerprint density at radius 2 is 1.83 bits per heavy atom. The molecule has 2 rings (SSSR count). The van der Waals surface area contributed by atoms with Crippen LogP contribution in [0.15, 0.2) is 36.4 Å². The summed E-state index contributed by atoms with van der Waals surface area (Å²) < 4.78 is 0. The Balaban J connectivity index is 2.17. The minimum absolute atomic E-state index is 0.345. The lowest BCUT2D eigenvalue weighted by molar-refractivity contribution is -0.148. The topological polar surface area (TPSA) is 57.5 Å². The fraction of sp³-hybridized carbons (Fsp3) is 0.400. The molecule has 0 unspecified atom stereocenters. The predicted molar refractivity (Wildman–Crippen MR) is 70.0 cm³/mol. The molecule has 1 aromatic rings. The molecule has 0 saturated heterocycles. The minimum atomic E-state index is -0.810. The SMILES string of the molecule is O=C(O)C1(/C=C/c2ccccc2)CCC(O)CC1. The first-order valence-corrected chi connectivity index (χ1v) is 6.28. The Morgan fingerprint density at radius 1 is 1.22 bits per heavy atom. The van der Waals surface area contributed by atoms with Crippen LogP contribution in [0.3, 0.4) is 0 Å². The number of hydrogen-bond donors (Lipinski definition) is 2. The summed E-state index contributed by atoms with van der Waals surface area (Å²) in [6.07, 6.45) is 5.45. The second-order valence-corrected chi connectivity index (χ2v) is 4.94. The maximum atomic E-state index is 11.5. The van der Waals surface area contributed by atoms with E-state index < -0.39 is 11.4 Å². The van der Waals surface area contributed by atoms with E-state index >= 15 is 0 Å². The molecule has 3 heteroatoms. The molecule has 1 fully saturated rings. The molecule has 0 amide bonds. The van der Waals surface area contributed by atoms with Crippen LogP contribution in [0.5, 0.6) is 0 Å². The van der Waals surface area contributed by atoms with Gasteiger partial charge >= 0.3 is 5.97 Å². The van der Waals surface area contributed by atoms with Gasteiger partial charge in [0.25, 0.3) is 0 Å². The van der Waals surface area contributed by atoms with Gasteiger partial charge in [0.05, 0.1) is 11.5 Å². The summed E-state index contributed by atoms with van der Waals surface area (Å²) >= 11 is 0. The van der Waals surface area contributed by atoms with Gasteiger partial charge in [-0.25, -0.2) is 0 Å². The van der Waals surface area contributed by atoms with Crippen molar-refractivity contribution in [1.29, 1.82) is 0 Å². The predicted octanol–water partition coefficient (Wildman–Crippen LogP) is 2.71. The Hall–Kier alpha value is -1.61. The van der Waals surface area contributed by atoms with Gasteiger partial charge in [-0.05, 0) is 31.2 Å². The molecule has 3 nitrogen and oxygen atoms in total. The van der Waals surface area contributed by atoms with Gasteiger partial charge in [0.2, 0.25) is 0 Å². The highest BCUT2D eigenvalue weighted by Crippen LogP contribution is 2.38. The number of hydrogen-bond acceptors (Lipinski definition) is 2. The fourth-order valence-corrected chi connectivity index (χ4v) is 2.39. The number of rotatable bonds is 3. The Labute approximate surface area is 107 Å². The van der Waals surface area contributed by atoms with E-state index in [9.17, 15) is 15.0 Å². The van der Waals surface area contributed by atoms with Gasteiger partial charge in [-0.2, -0.15) is 0 Å². The molecular weight excluding hydrogens is 228 g/mol. The van der Waals surface area contributed by atoms with Crippen molar-refractivity contribution in [2.75, 3.05) is 0 Å². The van der Waals surface area contributed by atoms with Gasteiger partial charge in [0, 0.05) is 0 Å². The van der Waals surface area contributed by atoms with Gasteiger partial charge in [-0.1, -0.05) is 42.5 Å². The standard InChI is InChI=1S/C15H18O3/c16-13-7-10-15(11-8-13,14(17)18)9-6-12-4-2-1-3-5-12/h1-6,9,13,16H,7-8,10-11H2,(H,17,18)/b9-6+. The van der Waals surface area contributed by atoms with Crippen LogP contribution in [0.1, 0.15) is 31.2 Å². The fourth-order valence-electron chi connectivity index (χ4n) is 2.39. The number of carbonyl (C=O) groups is 1. The second kappa shape index (κ2) is 5.36. The first kappa shape index (κ1) is 12.8. The summed E-state index contributed by atoms with van der Waals surface area (Å²) in [4.78, 5) is 11.5. The first-order chi connectivity index (χ1) is 8.62. The van der Waals surface area contributed by atoms with Crippen molar-refractivity contribution < 1.29 is 15.0 Å². The summed E-state index contributed by atoms with van der Waals surface area (Å²) in [5.41, 5.74) is 0.193. The molecule has 1 aliphatic rings. The number of carboxylic acid groups (broad SMARTS) is 1. The van der Waals surface area contributed by atoms with Crippen LogP contribution in [0, 0.1) is 5.41 Å². The van der Waals surface area contributed by atoms with Crippen LogP contribution in [0.4, 0.5) is 0 Å². The quantitative estimate of drug-likeness (QED) is 0.862. The van der Waals surface area contributed by atoms with E-state index in [1.807, 2.05) is 36.4 Å². The van der Waals surface area contributed by atoms with E-state index in [2.05, 4.69) is 0 Å². The number of aliphatic carboxylic acids is 1. The monoisotopic (exact) mass is 246 g/mol. The number of benzene rings is 1. The van der Waals surface area contributed by atoms with E-state index in [-0.39, 0.29) is 6.10 Å². The van der Waals surface area contributed by atoms with Crippen molar-refractivity contribution in [2.24, 2.45) is 5.41 Å². The van der Waals surface area contributed by atoms with Crippen LogP contribution in [0.2, 0.25) is 0 Å². The van der Waals surface area contributed by atoms with Crippen molar-refractivity contribution in [3.8, 4) is 0 Å². The van der Waals surface area contributed by atoms with Crippen LogP contribution < -0.4 is 0 Å². The van der Waals surface area contributed by atoms with E-state index in [1.165, 1.54) is 0 Å². The third-order valence-corrected chi connectivity index (χ3v) is 3.67. The molecular formula is C15H18O3. The summed E-state index contributed by atoms with van der Waals surface area (Å²) in [7, 11) is 0. The van der Waals surface area contributed by atoms with Gasteiger partial charge in [-0.15, -0.1) is 0 Å².